The molecule has 1 saturated carbocycles. The molecule has 5 aromatic rings. The van der Waals surface area contributed by atoms with Crippen LogP contribution in [0.1, 0.15) is 41.0 Å². The lowest BCUT2D eigenvalue weighted by Gasteiger charge is -2.36. The average molecular weight is 576 g/mol. The summed E-state index contributed by atoms with van der Waals surface area (Å²) < 4.78 is 12.1. The van der Waals surface area contributed by atoms with E-state index in [0.717, 1.165) is 74.8 Å². The molecule has 0 unspecified atom stereocenters. The number of nitrogens with zero attached hydrogens (tertiary/aromatic N) is 3. The van der Waals surface area contributed by atoms with Crippen LogP contribution in [0.3, 0.4) is 0 Å². The number of nitrogens with one attached hydrogen (secondary N) is 1. The van der Waals surface area contributed by atoms with Crippen molar-refractivity contribution < 1.29 is 14.6 Å². The van der Waals surface area contributed by atoms with Crippen molar-refractivity contribution in [3.8, 4) is 34.0 Å². The lowest BCUT2D eigenvalue weighted by molar-refractivity contribution is 0.0388. The van der Waals surface area contributed by atoms with Crippen LogP contribution in [0.15, 0.2) is 73.1 Å². The molecule has 1 aliphatic heterocycles. The lowest BCUT2D eigenvalue weighted by atomic mass is 9.92. The topological polar surface area (TPSA) is 110 Å². The Hall–Kier alpha value is -4.24. The number of benzene rings is 3. The van der Waals surface area contributed by atoms with E-state index in [-0.39, 0.29) is 12.7 Å². The van der Waals surface area contributed by atoms with Crippen LogP contribution in [-0.2, 0) is 13.0 Å². The van der Waals surface area contributed by atoms with Gasteiger partial charge in [0.2, 0.25) is 0 Å². The van der Waals surface area contributed by atoms with Gasteiger partial charge in [-0.15, -0.1) is 0 Å². The molecule has 1 aliphatic carbocycles. The molecule has 4 N–H and O–H groups in total. The monoisotopic (exact) mass is 575 g/mol. The number of fused-ring (bicyclic) bond motifs is 1. The number of aliphatic hydroxyl groups is 1. The van der Waals surface area contributed by atoms with Crippen LogP contribution in [0.4, 0.5) is 0 Å². The zero-order chi connectivity index (χ0) is 29.3. The quantitative estimate of drug-likeness (QED) is 0.197. The van der Waals surface area contributed by atoms with E-state index in [0.29, 0.717) is 25.5 Å². The summed E-state index contributed by atoms with van der Waals surface area (Å²) in [6.45, 7) is 2.74. The summed E-state index contributed by atoms with van der Waals surface area (Å²) in [5.74, 6) is 2.39. The Kier molecular flexibility index (Phi) is 7.57. The van der Waals surface area contributed by atoms with Gasteiger partial charge in [0.1, 0.15) is 36.2 Å². The second-order valence-electron chi connectivity index (χ2n) is 11.7. The first kappa shape index (κ1) is 27.6. The van der Waals surface area contributed by atoms with Gasteiger partial charge in [-0.25, -0.2) is 9.97 Å². The molecule has 2 fully saturated rings. The molecule has 220 valence electrons. The molecule has 0 bridgehead atoms. The van der Waals surface area contributed by atoms with Gasteiger partial charge in [-0.3, -0.25) is 4.90 Å². The third kappa shape index (κ3) is 5.73. The van der Waals surface area contributed by atoms with E-state index in [1.807, 2.05) is 24.3 Å². The highest BCUT2D eigenvalue weighted by Crippen LogP contribution is 2.42. The van der Waals surface area contributed by atoms with Crippen LogP contribution in [0.5, 0.6) is 11.5 Å². The van der Waals surface area contributed by atoms with Crippen molar-refractivity contribution in [3.63, 3.8) is 0 Å². The summed E-state index contributed by atoms with van der Waals surface area (Å²) in [5, 5.41) is 11.5. The van der Waals surface area contributed by atoms with Crippen LogP contribution in [0, 0.1) is 0 Å². The molecule has 0 amide bonds. The van der Waals surface area contributed by atoms with Crippen molar-refractivity contribution in [3.05, 3.63) is 95.3 Å². The molecule has 0 radical (unpaired) electrons. The van der Waals surface area contributed by atoms with Crippen LogP contribution >= 0.6 is 0 Å². The largest absolute Gasteiger partial charge is 0.492 e. The second-order valence-corrected chi connectivity index (χ2v) is 11.7. The maximum absolute atomic E-state index is 10.6. The third-order valence-corrected chi connectivity index (χ3v) is 8.51. The van der Waals surface area contributed by atoms with Crippen molar-refractivity contribution in [1.29, 1.82) is 0 Å². The number of aliphatic hydroxyl groups excluding tert-OH is 1. The Morgan fingerprint density at radius 2 is 1.84 bits per heavy atom. The van der Waals surface area contributed by atoms with Gasteiger partial charge in [-0.05, 0) is 90.0 Å². The predicted molar refractivity (Wildman–Crippen MR) is 168 cm³/mol. The Balaban J connectivity index is 1.19. The van der Waals surface area contributed by atoms with E-state index < -0.39 is 0 Å². The molecule has 8 nitrogen and oxygen atoms in total. The Morgan fingerprint density at radius 3 is 2.58 bits per heavy atom. The molecule has 2 aromatic heterocycles. The maximum Gasteiger partial charge on any atom is 0.141 e. The molecular weight excluding hydrogens is 538 g/mol. The number of rotatable bonds is 11. The number of nitrogens with two attached hydrogens (primary N) is 1. The van der Waals surface area contributed by atoms with Gasteiger partial charge in [0.05, 0.1) is 12.3 Å². The standard InChI is InChI=1S/C35H37N5O3/c1-40-18-28(19-40)43-27-11-9-23(10-12-27)32-17-30-34(37-21-38-35(30)39-32)29-4-2-3-25(31(29)20-41)15-26-8-7-24(22-5-6-22)16-33(26)42-14-13-36/h2-4,7-12,16-17,21-22,28,41H,5-6,13-15,18-20,36H2,1H3,(H,37,38,39). The summed E-state index contributed by atoms with van der Waals surface area (Å²) in [5.41, 5.74) is 14.5. The minimum absolute atomic E-state index is 0.105. The van der Waals surface area contributed by atoms with Gasteiger partial charge in [-0.2, -0.15) is 0 Å². The molecule has 3 aromatic carbocycles. The first-order valence-electron chi connectivity index (χ1n) is 15.1. The fourth-order valence-electron chi connectivity index (χ4n) is 6.04. The highest BCUT2D eigenvalue weighted by molar-refractivity contribution is 5.95. The van der Waals surface area contributed by atoms with E-state index in [1.165, 1.54) is 18.4 Å². The molecule has 43 heavy (non-hydrogen) atoms. The minimum Gasteiger partial charge on any atom is -0.492 e. The van der Waals surface area contributed by atoms with E-state index in [2.05, 4.69) is 64.4 Å². The summed E-state index contributed by atoms with van der Waals surface area (Å²) >= 11 is 0. The summed E-state index contributed by atoms with van der Waals surface area (Å²) in [4.78, 5) is 14.9. The fourth-order valence-corrected chi connectivity index (χ4v) is 6.04. The molecule has 2 aliphatic rings. The Labute approximate surface area is 251 Å². The predicted octanol–water partition coefficient (Wildman–Crippen LogP) is 5.28. The maximum atomic E-state index is 10.6. The highest BCUT2D eigenvalue weighted by Gasteiger charge is 2.26. The highest BCUT2D eigenvalue weighted by atomic mass is 16.5. The number of ether oxygens (including phenoxy) is 2. The zero-order valence-electron chi connectivity index (χ0n) is 24.4. The Morgan fingerprint density at radius 1 is 1.00 bits per heavy atom. The van der Waals surface area contributed by atoms with Crippen molar-refractivity contribution in [2.75, 3.05) is 33.3 Å². The number of aromatic nitrogens is 3. The van der Waals surface area contributed by atoms with Gasteiger partial charge < -0.3 is 25.3 Å². The van der Waals surface area contributed by atoms with Crippen molar-refractivity contribution in [2.24, 2.45) is 5.73 Å². The van der Waals surface area contributed by atoms with Gasteiger partial charge >= 0.3 is 0 Å². The van der Waals surface area contributed by atoms with Gasteiger partial charge in [0.25, 0.3) is 0 Å². The molecule has 3 heterocycles. The molecule has 8 heteroatoms. The first-order chi connectivity index (χ1) is 21.1. The number of likely N-dealkylation sites (N-methyl/N-ethyl adjacent to an activating group) is 1. The number of hydrogen-bond acceptors (Lipinski definition) is 7. The van der Waals surface area contributed by atoms with Gasteiger partial charge in [-0.1, -0.05) is 30.3 Å². The van der Waals surface area contributed by atoms with Crippen molar-refractivity contribution >= 4 is 11.0 Å². The average Bonchev–Trinajstić information content (AvgIpc) is 3.77. The van der Waals surface area contributed by atoms with Gasteiger partial charge in [0.15, 0.2) is 0 Å². The van der Waals surface area contributed by atoms with Crippen molar-refractivity contribution in [1.82, 2.24) is 19.9 Å². The van der Waals surface area contributed by atoms with Crippen LogP contribution < -0.4 is 15.2 Å². The third-order valence-electron chi connectivity index (χ3n) is 8.51. The van der Waals surface area contributed by atoms with Crippen LogP contribution in [-0.4, -0.2) is 64.4 Å². The summed E-state index contributed by atoms with van der Waals surface area (Å²) in [7, 11) is 2.10. The number of H-pyrrole nitrogens is 1. The first-order valence-corrected chi connectivity index (χ1v) is 15.1. The number of hydrogen-bond donors (Lipinski definition) is 3. The fraction of sp³-hybridized carbons (Fsp3) is 0.314. The van der Waals surface area contributed by atoms with Crippen LogP contribution in [0.2, 0.25) is 0 Å². The summed E-state index contributed by atoms with van der Waals surface area (Å²) in [6.07, 6.45) is 4.93. The zero-order valence-corrected chi connectivity index (χ0v) is 24.4. The Bertz CT molecular complexity index is 1740. The lowest BCUT2D eigenvalue weighted by Crippen LogP contribution is -2.51. The molecule has 0 spiro atoms. The minimum atomic E-state index is -0.105. The molecular formula is C35H37N5O3. The SMILES string of the molecule is CN1CC(Oc2ccc(-c3cc4c(-c5cccc(Cc6ccc(C7CC7)cc6OCCN)c5CO)ncnc4[nH]3)cc2)C1. The van der Waals surface area contributed by atoms with E-state index in [1.54, 1.807) is 6.33 Å². The number of likely N-dealkylation sites (tertiary alicyclic amines) is 1. The van der Waals surface area contributed by atoms with Gasteiger partial charge in [0, 0.05) is 42.7 Å². The van der Waals surface area contributed by atoms with E-state index in [9.17, 15) is 5.11 Å². The summed E-state index contributed by atoms with van der Waals surface area (Å²) in [6, 6.07) is 22.9. The normalized spacial score (nSPS) is 15.5. The van der Waals surface area contributed by atoms with Crippen molar-refractivity contribution in [2.45, 2.75) is 37.9 Å². The smallest absolute Gasteiger partial charge is 0.141 e. The molecule has 1 saturated heterocycles. The number of aromatic amines is 1. The van der Waals surface area contributed by atoms with E-state index >= 15 is 0 Å². The molecule has 0 atom stereocenters. The second kappa shape index (κ2) is 11.8. The van der Waals surface area contributed by atoms with Crippen LogP contribution in [0.25, 0.3) is 33.5 Å². The van der Waals surface area contributed by atoms with E-state index in [4.69, 9.17) is 20.2 Å². The molecule has 7 rings (SSSR count).